The molecule has 4 rings (SSSR count). The molecule has 0 aromatic heterocycles. The van der Waals surface area contributed by atoms with Crippen LogP contribution in [0, 0.1) is 0 Å². The van der Waals surface area contributed by atoms with Crippen molar-refractivity contribution in [2.24, 2.45) is 0 Å². The third kappa shape index (κ3) is 7.74. The smallest absolute Gasteiger partial charge is 0.303 e. The Bertz CT molecular complexity index is 1030. The zero-order valence-corrected chi connectivity index (χ0v) is 22.5. The van der Waals surface area contributed by atoms with Crippen LogP contribution in [0.25, 0.3) is 0 Å². The van der Waals surface area contributed by atoms with E-state index in [-0.39, 0.29) is 35.5 Å². The van der Waals surface area contributed by atoms with Crippen LogP contribution in [0.15, 0.2) is 48.1 Å². The van der Waals surface area contributed by atoms with Gasteiger partial charge in [0.05, 0.1) is 43.2 Å². The number of hydrogen-bond acceptors (Lipinski definition) is 7. The number of carbonyl (C=O) groups is 2. The first kappa shape index (κ1) is 27.5. The van der Waals surface area contributed by atoms with Crippen LogP contribution in [-0.2, 0) is 28.5 Å². The molecular weight excluding hydrogens is 474 g/mol. The highest BCUT2D eigenvalue weighted by Gasteiger charge is 2.53. The fourth-order valence-electron chi connectivity index (χ4n) is 5.14. The highest BCUT2D eigenvalue weighted by atomic mass is 16.7. The van der Waals surface area contributed by atoms with Crippen LogP contribution in [0.4, 0.5) is 0 Å². The minimum atomic E-state index is -0.522. The molecule has 202 valence electrons. The summed E-state index contributed by atoms with van der Waals surface area (Å²) in [6, 6.07) is 6.83. The summed E-state index contributed by atoms with van der Waals surface area (Å²) in [6.07, 6.45) is 7.90. The van der Waals surface area contributed by atoms with Crippen LogP contribution in [-0.4, -0.2) is 61.3 Å². The maximum absolute atomic E-state index is 12.9. The maximum Gasteiger partial charge on any atom is 0.303 e. The normalized spacial score (nSPS) is 30.2. The van der Waals surface area contributed by atoms with Gasteiger partial charge in [-0.25, -0.2) is 0 Å². The lowest BCUT2D eigenvalue weighted by molar-refractivity contribution is -0.185. The van der Waals surface area contributed by atoms with Gasteiger partial charge in [-0.05, 0) is 33.8 Å². The third-order valence-corrected chi connectivity index (χ3v) is 6.84. The number of carbonyl (C=O) groups excluding carboxylic acids is 2. The molecule has 3 saturated heterocycles. The number of esters is 1. The highest BCUT2D eigenvalue weighted by molar-refractivity contribution is 5.96. The van der Waals surface area contributed by atoms with Crippen molar-refractivity contribution in [1.82, 2.24) is 5.32 Å². The average molecular weight is 514 g/mol. The molecule has 1 aromatic carbocycles. The molecule has 1 aromatic rings. The molecule has 0 bridgehead atoms. The number of hydrogen-bond donors (Lipinski definition) is 1. The van der Waals surface area contributed by atoms with Crippen LogP contribution >= 0.6 is 0 Å². The van der Waals surface area contributed by atoms with Gasteiger partial charge >= 0.3 is 5.97 Å². The number of epoxide rings is 1. The number of amides is 1. The molecule has 3 heterocycles. The van der Waals surface area contributed by atoms with Gasteiger partial charge < -0.3 is 29.0 Å². The van der Waals surface area contributed by atoms with Crippen molar-refractivity contribution in [3.8, 4) is 0 Å². The molecule has 0 saturated carbocycles. The van der Waals surface area contributed by atoms with E-state index in [1.54, 1.807) is 25.1 Å². The second-order valence-corrected chi connectivity index (χ2v) is 10.9. The lowest BCUT2D eigenvalue weighted by Gasteiger charge is -2.38. The first-order valence-electron chi connectivity index (χ1n) is 13.0. The second kappa shape index (κ2) is 11.5. The van der Waals surface area contributed by atoms with Gasteiger partial charge in [-0.15, -0.1) is 0 Å². The van der Waals surface area contributed by atoms with Crippen molar-refractivity contribution in [2.75, 3.05) is 19.8 Å². The summed E-state index contributed by atoms with van der Waals surface area (Å²) in [4.78, 5) is 24.2. The summed E-state index contributed by atoms with van der Waals surface area (Å²) in [5.74, 6) is -0.646. The third-order valence-electron chi connectivity index (χ3n) is 6.84. The molecule has 3 aliphatic rings. The molecule has 0 radical (unpaired) electrons. The molecule has 3 fully saturated rings. The molecule has 3 aliphatic heterocycles. The average Bonchev–Trinajstić information content (AvgIpc) is 3.58. The van der Waals surface area contributed by atoms with E-state index in [0.29, 0.717) is 30.8 Å². The molecule has 0 unspecified atom stereocenters. The first-order valence-corrected chi connectivity index (χ1v) is 13.0. The maximum atomic E-state index is 12.9. The van der Waals surface area contributed by atoms with Gasteiger partial charge in [0.25, 0.3) is 5.91 Å². The Kier molecular flexibility index (Phi) is 8.53. The minimum absolute atomic E-state index is 0.00671. The van der Waals surface area contributed by atoms with Crippen molar-refractivity contribution in [3.63, 3.8) is 0 Å². The van der Waals surface area contributed by atoms with E-state index >= 15 is 0 Å². The van der Waals surface area contributed by atoms with Gasteiger partial charge in [0, 0.05) is 37.3 Å². The summed E-state index contributed by atoms with van der Waals surface area (Å²) in [5.41, 5.74) is 2.06. The van der Waals surface area contributed by atoms with Crippen LogP contribution in [0.1, 0.15) is 75.9 Å². The predicted molar refractivity (Wildman–Crippen MR) is 138 cm³/mol. The van der Waals surface area contributed by atoms with Crippen LogP contribution in [0.5, 0.6) is 0 Å². The summed E-state index contributed by atoms with van der Waals surface area (Å²) in [5, 5.41) is 2.96. The van der Waals surface area contributed by atoms with Gasteiger partial charge in [-0.3, -0.25) is 9.59 Å². The Balaban J connectivity index is 1.23. The first-order chi connectivity index (χ1) is 17.5. The second-order valence-electron chi connectivity index (χ2n) is 10.9. The molecular formula is C29H39NO7. The van der Waals surface area contributed by atoms with Crippen LogP contribution in [0.3, 0.4) is 0 Å². The van der Waals surface area contributed by atoms with E-state index in [4.69, 9.17) is 23.7 Å². The molecule has 8 nitrogen and oxygen atoms in total. The molecule has 1 spiro atoms. The molecule has 0 aliphatic carbocycles. The van der Waals surface area contributed by atoms with E-state index in [1.165, 1.54) is 6.92 Å². The van der Waals surface area contributed by atoms with E-state index in [0.717, 1.165) is 25.0 Å². The van der Waals surface area contributed by atoms with Crippen molar-refractivity contribution in [1.29, 1.82) is 0 Å². The number of benzene rings is 1. The SMILES string of the molecule is CC(=O)O[C@@H](C)c1ccccc1C(=O)NC1COC(C/C=C(C)/C=C/[C@@H]2C[C@]3(CO3)CC(C)(C)O2)OC1. The Hall–Kier alpha value is -2.52. The van der Waals surface area contributed by atoms with Gasteiger partial charge in [0.15, 0.2) is 6.29 Å². The van der Waals surface area contributed by atoms with Gasteiger partial charge in [0.2, 0.25) is 0 Å². The van der Waals surface area contributed by atoms with Crippen molar-refractivity contribution in [3.05, 3.63) is 59.2 Å². The molecule has 1 amide bonds. The van der Waals surface area contributed by atoms with Crippen LogP contribution < -0.4 is 5.32 Å². The Morgan fingerprint density at radius 3 is 2.57 bits per heavy atom. The lowest BCUT2D eigenvalue weighted by atomic mass is 9.85. The quantitative estimate of drug-likeness (QED) is 0.313. The van der Waals surface area contributed by atoms with Crippen molar-refractivity contribution in [2.45, 2.75) is 89.6 Å². The molecule has 1 N–H and O–H groups in total. The number of rotatable bonds is 8. The summed E-state index contributed by atoms with van der Waals surface area (Å²) < 4.78 is 28.9. The standard InChI is InChI=1S/C29H39NO7/c1-19(10-12-23-14-29(18-35-29)17-28(4,5)37-23)11-13-26-33-15-22(16-34-26)30-27(32)25-9-7-6-8-24(25)20(2)36-21(3)31/h6-12,20,22-23,26H,13-18H2,1-5H3,(H,30,32)/b12-10+,19-11+/t20-,22?,23+,26?,29+/m0/s1. The molecule has 37 heavy (non-hydrogen) atoms. The Morgan fingerprint density at radius 2 is 1.89 bits per heavy atom. The van der Waals surface area contributed by atoms with Crippen molar-refractivity contribution < 1.29 is 33.3 Å². The zero-order chi connectivity index (χ0) is 26.6. The lowest BCUT2D eigenvalue weighted by Crippen LogP contribution is -2.47. The molecule has 8 heteroatoms. The number of ether oxygens (including phenoxy) is 5. The highest BCUT2D eigenvalue weighted by Crippen LogP contribution is 2.46. The fraction of sp³-hybridized carbons (Fsp3) is 0.586. The van der Waals surface area contributed by atoms with E-state index in [1.807, 2.05) is 13.0 Å². The fourth-order valence-corrected chi connectivity index (χ4v) is 5.14. The zero-order valence-electron chi connectivity index (χ0n) is 22.5. The summed E-state index contributed by atoms with van der Waals surface area (Å²) in [6.45, 7) is 10.9. The largest absolute Gasteiger partial charge is 0.458 e. The Labute approximate surface area is 219 Å². The summed E-state index contributed by atoms with van der Waals surface area (Å²) in [7, 11) is 0. The topological polar surface area (TPSA) is 95.6 Å². The van der Waals surface area contributed by atoms with Gasteiger partial charge in [0.1, 0.15) is 6.10 Å². The van der Waals surface area contributed by atoms with Crippen molar-refractivity contribution >= 4 is 11.9 Å². The summed E-state index contributed by atoms with van der Waals surface area (Å²) >= 11 is 0. The number of allylic oxidation sites excluding steroid dienone is 2. The Morgan fingerprint density at radius 1 is 1.19 bits per heavy atom. The minimum Gasteiger partial charge on any atom is -0.458 e. The predicted octanol–water partition coefficient (Wildman–Crippen LogP) is 4.40. The van der Waals surface area contributed by atoms with Crippen LogP contribution in [0.2, 0.25) is 0 Å². The van der Waals surface area contributed by atoms with Gasteiger partial charge in [-0.1, -0.05) is 42.0 Å². The van der Waals surface area contributed by atoms with Gasteiger partial charge in [-0.2, -0.15) is 0 Å². The monoisotopic (exact) mass is 513 g/mol. The van der Waals surface area contributed by atoms with E-state index in [2.05, 4.69) is 37.4 Å². The van der Waals surface area contributed by atoms with E-state index < -0.39 is 12.1 Å². The van der Waals surface area contributed by atoms with E-state index in [9.17, 15) is 9.59 Å². The number of nitrogens with one attached hydrogen (secondary N) is 1. The molecule has 3 atom stereocenters.